The monoisotopic (exact) mass is 463 g/mol. The first-order valence-electron chi connectivity index (χ1n) is 10.7. The Hall–Kier alpha value is -4.14. The van der Waals surface area contributed by atoms with E-state index in [-0.39, 0.29) is 6.03 Å². The predicted molar refractivity (Wildman–Crippen MR) is 124 cm³/mol. The van der Waals surface area contributed by atoms with Crippen LogP contribution in [-0.4, -0.2) is 27.4 Å². The highest BCUT2D eigenvalue weighted by atomic mass is 19.4. The summed E-state index contributed by atoms with van der Waals surface area (Å²) in [6, 6.07) is 15.8. The molecule has 0 saturated carbocycles. The molecule has 0 unspecified atom stereocenters. The van der Waals surface area contributed by atoms with Gasteiger partial charge in [0.25, 0.3) is 0 Å². The Kier molecular flexibility index (Phi) is 5.53. The summed E-state index contributed by atoms with van der Waals surface area (Å²) in [7, 11) is 0. The van der Waals surface area contributed by atoms with Gasteiger partial charge in [-0.15, -0.1) is 0 Å². The number of anilines is 3. The van der Waals surface area contributed by atoms with Gasteiger partial charge in [-0.1, -0.05) is 18.2 Å². The van der Waals surface area contributed by atoms with Crippen LogP contribution in [0.4, 0.5) is 35.2 Å². The second kappa shape index (κ2) is 8.66. The molecule has 0 saturated heterocycles. The van der Waals surface area contributed by atoms with E-state index in [2.05, 4.69) is 20.6 Å². The SMILES string of the molecule is O=C(Nc1ccc(C(F)(F)F)cc1)N1CCc2c(ccnc2Nc2cnc3ccccc3c2)C1. The Morgan fingerprint density at radius 3 is 2.56 bits per heavy atom. The lowest BCUT2D eigenvalue weighted by molar-refractivity contribution is -0.137. The molecule has 34 heavy (non-hydrogen) atoms. The van der Waals surface area contributed by atoms with Crippen LogP contribution in [0.15, 0.2) is 73.1 Å². The zero-order chi connectivity index (χ0) is 23.7. The second-order valence-electron chi connectivity index (χ2n) is 8.02. The molecule has 1 aliphatic rings. The summed E-state index contributed by atoms with van der Waals surface area (Å²) in [4.78, 5) is 23.3. The fraction of sp³-hybridized carbons (Fsp3) is 0.160. The van der Waals surface area contributed by atoms with Gasteiger partial charge in [0.1, 0.15) is 5.82 Å². The molecule has 0 aliphatic carbocycles. The number of alkyl halides is 3. The van der Waals surface area contributed by atoms with E-state index in [1.54, 1.807) is 17.3 Å². The molecule has 5 rings (SSSR count). The third kappa shape index (κ3) is 4.50. The lowest BCUT2D eigenvalue weighted by atomic mass is 10.0. The zero-order valence-electron chi connectivity index (χ0n) is 17.9. The third-order valence-electron chi connectivity index (χ3n) is 5.75. The number of nitrogens with one attached hydrogen (secondary N) is 2. The van der Waals surface area contributed by atoms with Crippen LogP contribution in [0.1, 0.15) is 16.7 Å². The minimum atomic E-state index is -4.41. The van der Waals surface area contributed by atoms with Crippen LogP contribution in [0.5, 0.6) is 0 Å². The maximum atomic E-state index is 12.7. The molecule has 172 valence electrons. The van der Waals surface area contributed by atoms with Crippen LogP contribution in [0.2, 0.25) is 0 Å². The number of fused-ring (bicyclic) bond motifs is 2. The molecular weight excluding hydrogens is 443 g/mol. The molecule has 0 fully saturated rings. The topological polar surface area (TPSA) is 70.2 Å². The van der Waals surface area contributed by atoms with E-state index in [1.165, 1.54) is 12.1 Å². The van der Waals surface area contributed by atoms with Gasteiger partial charge in [0.05, 0.1) is 23.0 Å². The summed E-state index contributed by atoms with van der Waals surface area (Å²) in [6.07, 6.45) is -0.377. The van der Waals surface area contributed by atoms with Crippen molar-refractivity contribution in [2.24, 2.45) is 0 Å². The number of hydrogen-bond donors (Lipinski definition) is 2. The van der Waals surface area contributed by atoms with Gasteiger partial charge < -0.3 is 15.5 Å². The van der Waals surface area contributed by atoms with Crippen molar-refractivity contribution in [3.8, 4) is 0 Å². The van der Waals surface area contributed by atoms with Crippen molar-refractivity contribution in [2.45, 2.75) is 19.1 Å². The van der Waals surface area contributed by atoms with Crippen LogP contribution in [0.3, 0.4) is 0 Å². The Balaban J connectivity index is 1.29. The van der Waals surface area contributed by atoms with E-state index >= 15 is 0 Å². The molecule has 6 nitrogen and oxygen atoms in total. The number of urea groups is 1. The molecule has 0 atom stereocenters. The van der Waals surface area contributed by atoms with E-state index in [0.29, 0.717) is 25.2 Å². The number of carbonyl (C=O) groups excluding carboxylic acids is 1. The van der Waals surface area contributed by atoms with Crippen molar-refractivity contribution in [3.63, 3.8) is 0 Å². The molecule has 2 aromatic carbocycles. The maximum Gasteiger partial charge on any atom is 0.416 e. The Morgan fingerprint density at radius 2 is 1.76 bits per heavy atom. The van der Waals surface area contributed by atoms with Gasteiger partial charge in [-0.25, -0.2) is 9.78 Å². The molecular formula is C25H20F3N5O. The van der Waals surface area contributed by atoms with Gasteiger partial charge in [0.15, 0.2) is 0 Å². The van der Waals surface area contributed by atoms with Gasteiger partial charge in [-0.2, -0.15) is 13.2 Å². The van der Waals surface area contributed by atoms with Gasteiger partial charge in [0, 0.05) is 35.9 Å². The van der Waals surface area contributed by atoms with Crippen molar-refractivity contribution in [2.75, 3.05) is 17.2 Å². The highest BCUT2D eigenvalue weighted by molar-refractivity contribution is 5.89. The molecule has 0 spiro atoms. The van der Waals surface area contributed by atoms with Crippen molar-refractivity contribution < 1.29 is 18.0 Å². The van der Waals surface area contributed by atoms with E-state index < -0.39 is 11.7 Å². The second-order valence-corrected chi connectivity index (χ2v) is 8.02. The van der Waals surface area contributed by atoms with Crippen LogP contribution in [-0.2, 0) is 19.1 Å². The van der Waals surface area contributed by atoms with Crippen molar-refractivity contribution in [3.05, 3.63) is 89.7 Å². The summed E-state index contributed by atoms with van der Waals surface area (Å²) in [5.41, 5.74) is 3.26. The predicted octanol–water partition coefficient (Wildman–Crippen LogP) is 5.98. The van der Waals surface area contributed by atoms with Crippen LogP contribution in [0.25, 0.3) is 10.9 Å². The zero-order valence-corrected chi connectivity index (χ0v) is 17.9. The molecule has 3 heterocycles. The molecule has 0 radical (unpaired) electrons. The maximum absolute atomic E-state index is 12.7. The summed E-state index contributed by atoms with van der Waals surface area (Å²) in [5.74, 6) is 0.720. The summed E-state index contributed by atoms with van der Waals surface area (Å²) in [5, 5.41) is 7.03. The first kappa shape index (κ1) is 21.7. The Bertz CT molecular complexity index is 1360. The number of para-hydroxylation sites is 1. The molecule has 2 amide bonds. The number of pyridine rings is 2. The van der Waals surface area contributed by atoms with Gasteiger partial charge in [-0.3, -0.25) is 4.98 Å². The standard InChI is InChI=1S/C25H20F3N5O/c26-25(27,28)18-5-7-19(8-6-18)32-24(34)33-12-10-21-17(15-33)9-11-29-23(21)31-20-13-16-3-1-2-4-22(16)30-14-20/h1-9,11,13-14H,10,12,15H2,(H,29,31)(H,32,34). The van der Waals surface area contributed by atoms with E-state index in [4.69, 9.17) is 0 Å². The number of aromatic nitrogens is 2. The third-order valence-corrected chi connectivity index (χ3v) is 5.75. The highest BCUT2D eigenvalue weighted by Gasteiger charge is 2.30. The quantitative estimate of drug-likeness (QED) is 0.392. The van der Waals surface area contributed by atoms with E-state index in [1.807, 2.05) is 36.4 Å². The number of amides is 2. The molecule has 2 aromatic heterocycles. The number of carbonyl (C=O) groups is 1. The number of rotatable bonds is 3. The minimum Gasteiger partial charge on any atom is -0.339 e. The molecule has 0 bridgehead atoms. The van der Waals surface area contributed by atoms with Gasteiger partial charge in [-0.05, 0) is 54.4 Å². The number of benzene rings is 2. The Morgan fingerprint density at radius 1 is 0.971 bits per heavy atom. The number of hydrogen-bond acceptors (Lipinski definition) is 4. The van der Waals surface area contributed by atoms with Gasteiger partial charge >= 0.3 is 12.2 Å². The van der Waals surface area contributed by atoms with Crippen LogP contribution >= 0.6 is 0 Å². The fourth-order valence-corrected chi connectivity index (χ4v) is 3.99. The van der Waals surface area contributed by atoms with Gasteiger partial charge in [0.2, 0.25) is 0 Å². The molecule has 1 aliphatic heterocycles. The lowest BCUT2D eigenvalue weighted by Crippen LogP contribution is -2.39. The summed E-state index contributed by atoms with van der Waals surface area (Å²) in [6.45, 7) is 0.824. The van der Waals surface area contributed by atoms with Crippen LogP contribution in [0, 0.1) is 0 Å². The molecule has 9 heteroatoms. The Labute approximate surface area is 193 Å². The summed E-state index contributed by atoms with van der Waals surface area (Å²) >= 11 is 0. The van der Waals surface area contributed by atoms with E-state index in [9.17, 15) is 18.0 Å². The largest absolute Gasteiger partial charge is 0.416 e. The highest BCUT2D eigenvalue weighted by Crippen LogP contribution is 2.31. The molecule has 4 aromatic rings. The van der Waals surface area contributed by atoms with Crippen LogP contribution < -0.4 is 10.6 Å². The van der Waals surface area contributed by atoms with E-state index in [0.717, 1.165) is 45.7 Å². The number of nitrogens with zero attached hydrogens (tertiary/aromatic N) is 3. The normalized spacial score (nSPS) is 13.4. The van der Waals surface area contributed by atoms with Crippen molar-refractivity contribution in [1.82, 2.24) is 14.9 Å². The minimum absolute atomic E-state index is 0.310. The lowest BCUT2D eigenvalue weighted by Gasteiger charge is -2.30. The number of halogens is 3. The average molecular weight is 463 g/mol. The fourth-order valence-electron chi connectivity index (χ4n) is 3.99. The summed E-state index contributed by atoms with van der Waals surface area (Å²) < 4.78 is 38.2. The molecule has 2 N–H and O–H groups in total. The van der Waals surface area contributed by atoms with Crippen molar-refractivity contribution >= 4 is 34.1 Å². The van der Waals surface area contributed by atoms with Crippen molar-refractivity contribution in [1.29, 1.82) is 0 Å². The first-order valence-corrected chi connectivity index (χ1v) is 10.7. The first-order chi connectivity index (χ1) is 16.4. The smallest absolute Gasteiger partial charge is 0.339 e. The average Bonchev–Trinajstić information content (AvgIpc) is 2.83.